The van der Waals surface area contributed by atoms with Gasteiger partial charge in [0.25, 0.3) is 0 Å². The molecular weight excluding hydrogens is 989 g/mol. The van der Waals surface area contributed by atoms with Crippen molar-refractivity contribution in [1.82, 2.24) is 4.57 Å². The van der Waals surface area contributed by atoms with Crippen LogP contribution < -0.4 is 4.90 Å². The van der Waals surface area contributed by atoms with Crippen molar-refractivity contribution >= 4 is 49.6 Å². The van der Waals surface area contributed by atoms with Crippen LogP contribution >= 0.6 is 0 Å². The van der Waals surface area contributed by atoms with E-state index in [1.165, 1.54) is 99.3 Å². The molecule has 0 spiro atoms. The van der Waals surface area contributed by atoms with Gasteiger partial charge in [-0.05, 0) is 168 Å². The van der Waals surface area contributed by atoms with Crippen LogP contribution in [0.4, 0.5) is 17.1 Å². The number of aromatic nitrogens is 1. The second-order valence-corrected chi connectivity index (χ2v) is 21.2. The summed E-state index contributed by atoms with van der Waals surface area (Å²) in [6.45, 7) is 5.25. The molecular formula is C80H58N2. The topological polar surface area (TPSA) is 8.17 Å². The molecule has 0 saturated carbocycles. The van der Waals surface area contributed by atoms with E-state index in [4.69, 9.17) is 0 Å². The zero-order valence-corrected chi connectivity index (χ0v) is 45.7. The number of nitrogens with zero attached hydrogens (tertiary/aromatic N) is 2. The molecule has 0 aliphatic heterocycles. The number of rotatable bonds is 10. The highest BCUT2D eigenvalue weighted by Crippen LogP contribution is 2.57. The summed E-state index contributed by atoms with van der Waals surface area (Å²) in [4.78, 5) is 2.44. The van der Waals surface area contributed by atoms with E-state index in [1.54, 1.807) is 6.08 Å². The number of hydrogen-bond donors (Lipinski definition) is 0. The van der Waals surface area contributed by atoms with Gasteiger partial charge in [-0.25, -0.2) is 0 Å². The first-order valence-electron chi connectivity index (χ1n) is 28.3. The maximum Gasteiger partial charge on any atom is 0.0714 e. The first-order valence-corrected chi connectivity index (χ1v) is 28.3. The fraction of sp³-hybridized carbons (Fsp3) is 0.0250. The highest BCUT2D eigenvalue weighted by Gasteiger charge is 2.46. The Morgan fingerprint density at radius 2 is 0.793 bits per heavy atom. The van der Waals surface area contributed by atoms with Crippen LogP contribution in [0.15, 0.2) is 328 Å². The minimum absolute atomic E-state index is 0.522. The largest absolute Gasteiger partial charge is 0.310 e. The quantitative estimate of drug-likeness (QED) is 0.124. The Morgan fingerprint density at radius 3 is 1.46 bits per heavy atom. The van der Waals surface area contributed by atoms with Gasteiger partial charge in [0.15, 0.2) is 0 Å². The molecule has 0 bridgehead atoms. The average Bonchev–Trinajstić information content (AvgIpc) is 2.75. The van der Waals surface area contributed by atoms with E-state index in [1.807, 2.05) is 6.92 Å². The van der Waals surface area contributed by atoms with Crippen LogP contribution in [0.1, 0.15) is 29.2 Å². The molecule has 0 atom stereocenters. The smallest absolute Gasteiger partial charge is 0.0714 e. The van der Waals surface area contributed by atoms with Gasteiger partial charge in [0, 0.05) is 33.5 Å². The molecule has 1 heterocycles. The molecule has 15 rings (SSSR count). The molecule has 0 unspecified atom stereocenters. The van der Waals surface area contributed by atoms with Crippen LogP contribution in [0.25, 0.3) is 93.9 Å². The Bertz CT molecular complexity index is 4540. The molecule has 2 nitrogen and oxygen atoms in total. The zero-order chi connectivity index (χ0) is 55.0. The number of para-hydroxylation sites is 1. The lowest BCUT2D eigenvalue weighted by atomic mass is 9.67. The van der Waals surface area contributed by atoms with Crippen molar-refractivity contribution in [1.29, 1.82) is 0 Å². The predicted molar refractivity (Wildman–Crippen MR) is 348 cm³/mol. The summed E-state index contributed by atoms with van der Waals surface area (Å²) in [5, 5.41) is 4.87. The van der Waals surface area contributed by atoms with Crippen LogP contribution in [0.5, 0.6) is 0 Å². The van der Waals surface area contributed by atoms with E-state index in [2.05, 4.69) is 331 Å². The molecule has 1 aliphatic carbocycles. The third-order valence-corrected chi connectivity index (χ3v) is 16.4. The second-order valence-electron chi connectivity index (χ2n) is 21.2. The number of fused-ring (bicyclic) bond motifs is 7. The summed E-state index contributed by atoms with van der Waals surface area (Å²) in [5.41, 5.74) is 23.3. The molecule has 0 amide bonds. The van der Waals surface area contributed by atoms with Crippen molar-refractivity contribution in [2.24, 2.45) is 0 Å². The van der Waals surface area contributed by atoms with E-state index in [0.29, 0.717) is 0 Å². The fourth-order valence-corrected chi connectivity index (χ4v) is 12.8. The molecule has 1 aromatic heterocycles. The van der Waals surface area contributed by atoms with E-state index >= 15 is 0 Å². The van der Waals surface area contributed by atoms with Crippen molar-refractivity contribution in [3.05, 3.63) is 350 Å². The Hall–Kier alpha value is -10.5. The number of anilines is 3. The van der Waals surface area contributed by atoms with Gasteiger partial charge in [0.1, 0.15) is 0 Å². The maximum atomic E-state index is 3.36. The Kier molecular flexibility index (Phi) is 12.9. The van der Waals surface area contributed by atoms with E-state index in [-0.39, 0.29) is 0 Å². The van der Waals surface area contributed by atoms with Gasteiger partial charge in [-0.3, -0.25) is 0 Å². The number of hydrogen-bond acceptors (Lipinski definition) is 1. The standard InChI is InChI=1S/C77H52N2.C3H6/c1-5-20-53(21-6-1)61-46-62(54-22-7-2-8-23-54)50-68(49-61)79-75-35-18-16-33-71(75)72-51-60(41-45-76(72)79)57-38-36-56(37-39-57)59-26-19-31-65(47-59)78(66-42-40-55-24-13-14-25-58(55)48-66)67-43-44-70-69-32-15-17-34-73(69)77(74(70)52-67,63-27-9-3-10-28-63)64-29-11-4-12-30-64;1-3-2/h1-52H;3H,1H2,2H3. The molecule has 388 valence electrons. The van der Waals surface area contributed by atoms with Crippen molar-refractivity contribution in [2.45, 2.75) is 12.3 Å². The highest BCUT2D eigenvalue weighted by atomic mass is 15.1. The van der Waals surface area contributed by atoms with Crippen LogP contribution in [-0.2, 0) is 5.41 Å². The summed E-state index contributed by atoms with van der Waals surface area (Å²) in [6.07, 6.45) is 1.75. The van der Waals surface area contributed by atoms with Crippen molar-refractivity contribution in [3.8, 4) is 61.3 Å². The predicted octanol–water partition coefficient (Wildman–Crippen LogP) is 21.6. The van der Waals surface area contributed by atoms with Gasteiger partial charge < -0.3 is 9.47 Å². The molecule has 0 radical (unpaired) electrons. The van der Waals surface area contributed by atoms with Crippen LogP contribution in [0.3, 0.4) is 0 Å². The van der Waals surface area contributed by atoms with Crippen LogP contribution in [0.2, 0.25) is 0 Å². The van der Waals surface area contributed by atoms with Gasteiger partial charge in [-0.2, -0.15) is 0 Å². The van der Waals surface area contributed by atoms with Gasteiger partial charge in [0.05, 0.1) is 16.4 Å². The zero-order valence-electron chi connectivity index (χ0n) is 45.7. The number of allylic oxidation sites excluding steroid dienone is 1. The molecule has 14 aromatic rings. The van der Waals surface area contributed by atoms with Gasteiger partial charge in [0.2, 0.25) is 0 Å². The average molecular weight is 1050 g/mol. The molecule has 1 aliphatic rings. The minimum atomic E-state index is -0.522. The lowest BCUT2D eigenvalue weighted by Crippen LogP contribution is -2.28. The molecule has 0 fully saturated rings. The summed E-state index contributed by atoms with van der Waals surface area (Å²) >= 11 is 0. The Labute approximate surface area is 480 Å². The van der Waals surface area contributed by atoms with Crippen molar-refractivity contribution in [3.63, 3.8) is 0 Å². The fourth-order valence-electron chi connectivity index (χ4n) is 12.8. The van der Waals surface area contributed by atoms with E-state index < -0.39 is 5.41 Å². The maximum absolute atomic E-state index is 3.36. The Balaban J connectivity index is 0.00000196. The summed E-state index contributed by atoms with van der Waals surface area (Å²) in [5.74, 6) is 0. The summed E-state index contributed by atoms with van der Waals surface area (Å²) < 4.78 is 2.44. The van der Waals surface area contributed by atoms with Crippen molar-refractivity contribution in [2.75, 3.05) is 4.90 Å². The van der Waals surface area contributed by atoms with Gasteiger partial charge in [-0.1, -0.05) is 249 Å². The normalized spacial score (nSPS) is 12.1. The molecule has 0 saturated heterocycles. The summed E-state index contributed by atoms with van der Waals surface area (Å²) in [6, 6.07) is 116. The first kappa shape index (κ1) is 49.7. The van der Waals surface area contributed by atoms with Crippen molar-refractivity contribution < 1.29 is 0 Å². The monoisotopic (exact) mass is 1050 g/mol. The molecule has 2 heteroatoms. The molecule has 82 heavy (non-hydrogen) atoms. The van der Waals surface area contributed by atoms with Gasteiger partial charge in [-0.15, -0.1) is 6.58 Å². The summed E-state index contributed by atoms with van der Waals surface area (Å²) in [7, 11) is 0. The third-order valence-electron chi connectivity index (χ3n) is 16.4. The van der Waals surface area contributed by atoms with E-state index in [9.17, 15) is 0 Å². The van der Waals surface area contributed by atoms with E-state index in [0.717, 1.165) is 33.9 Å². The van der Waals surface area contributed by atoms with Crippen LogP contribution in [-0.4, -0.2) is 4.57 Å². The Morgan fingerprint density at radius 1 is 0.317 bits per heavy atom. The minimum Gasteiger partial charge on any atom is -0.310 e. The van der Waals surface area contributed by atoms with Gasteiger partial charge >= 0.3 is 0 Å². The lowest BCUT2D eigenvalue weighted by Gasteiger charge is -2.35. The van der Waals surface area contributed by atoms with Crippen LogP contribution in [0, 0.1) is 0 Å². The first-order chi connectivity index (χ1) is 40.6. The highest BCUT2D eigenvalue weighted by molar-refractivity contribution is 6.11. The lowest BCUT2D eigenvalue weighted by molar-refractivity contribution is 0.768. The second kappa shape index (κ2) is 21.3. The molecule has 0 N–H and O–H groups in total. The number of benzene rings is 13. The SMILES string of the molecule is C=CC.c1ccc(-c2cc(-c3ccccc3)cc(-n3c4ccccc4c4cc(-c5ccc(-c6cccc(N(c7ccc8c(c7)C(c7ccccc7)(c7ccccc7)c7ccccc7-8)c7ccc8ccccc8c7)c6)cc5)ccc43)c2)cc1. The molecule has 13 aromatic carbocycles. The third kappa shape index (κ3) is 8.70.